The molecule has 3 rings (SSSR count). The number of hydrogen-bond donors (Lipinski definition) is 1. The maximum absolute atomic E-state index is 13.4. The van der Waals surface area contributed by atoms with Crippen molar-refractivity contribution in [3.63, 3.8) is 0 Å². The molecule has 2 heterocycles. The second kappa shape index (κ2) is 7.55. The Morgan fingerprint density at radius 2 is 2.12 bits per heavy atom. The third-order valence-corrected chi connectivity index (χ3v) is 4.67. The normalized spacial score (nSPS) is 16.8. The van der Waals surface area contributed by atoms with Crippen LogP contribution in [0.1, 0.15) is 24.2 Å². The Morgan fingerprint density at radius 1 is 1.35 bits per heavy atom. The highest BCUT2D eigenvalue weighted by Gasteiger charge is 2.32. The van der Waals surface area contributed by atoms with E-state index in [1.54, 1.807) is 19.2 Å². The van der Waals surface area contributed by atoms with Gasteiger partial charge in [-0.2, -0.15) is 0 Å². The molecule has 0 radical (unpaired) electrons. The Balaban J connectivity index is 2.13. The van der Waals surface area contributed by atoms with Gasteiger partial charge in [0.1, 0.15) is 17.6 Å². The molecule has 0 amide bonds. The lowest BCUT2D eigenvalue weighted by atomic mass is 9.95. The number of amidine groups is 1. The van der Waals surface area contributed by atoms with Crippen LogP contribution in [0.2, 0.25) is 5.02 Å². The van der Waals surface area contributed by atoms with Gasteiger partial charge in [0.2, 0.25) is 0 Å². The molecule has 1 aliphatic rings. The molecule has 8 heteroatoms. The molecule has 0 saturated heterocycles. The van der Waals surface area contributed by atoms with Crippen molar-refractivity contribution < 1.29 is 13.9 Å². The SMILES string of the molecule is COC(=O)C1=C(C)NC(c2ccc(Br)cn2)=NC1c1ccc(F)cc1Cl. The number of allylic oxidation sites excluding steroid dienone is 1. The number of methoxy groups -OCH3 is 1. The van der Waals surface area contributed by atoms with E-state index in [-0.39, 0.29) is 5.02 Å². The van der Waals surface area contributed by atoms with Crippen LogP contribution in [0.4, 0.5) is 4.39 Å². The van der Waals surface area contributed by atoms with Gasteiger partial charge in [0, 0.05) is 27.0 Å². The van der Waals surface area contributed by atoms with Gasteiger partial charge >= 0.3 is 5.97 Å². The Bertz CT molecular complexity index is 929. The highest BCUT2D eigenvalue weighted by atomic mass is 79.9. The number of hydrogen-bond acceptors (Lipinski definition) is 5. The monoisotopic (exact) mass is 437 g/mol. The van der Waals surface area contributed by atoms with Crippen LogP contribution in [0.25, 0.3) is 0 Å². The molecule has 1 aromatic carbocycles. The summed E-state index contributed by atoms with van der Waals surface area (Å²) in [6.45, 7) is 1.74. The molecule has 1 aliphatic heterocycles. The number of carbonyl (C=O) groups excluding carboxylic acids is 1. The van der Waals surface area contributed by atoms with Gasteiger partial charge < -0.3 is 10.1 Å². The average molecular weight is 439 g/mol. The second-order valence-electron chi connectivity index (χ2n) is 5.56. The van der Waals surface area contributed by atoms with Crippen LogP contribution in [-0.4, -0.2) is 23.9 Å². The molecule has 0 fully saturated rings. The van der Waals surface area contributed by atoms with Gasteiger partial charge in [-0.05, 0) is 47.1 Å². The summed E-state index contributed by atoms with van der Waals surface area (Å²) >= 11 is 9.55. The van der Waals surface area contributed by atoms with Gasteiger partial charge in [-0.25, -0.2) is 9.18 Å². The van der Waals surface area contributed by atoms with E-state index in [9.17, 15) is 9.18 Å². The molecule has 0 spiro atoms. The van der Waals surface area contributed by atoms with Crippen molar-refractivity contribution in [2.24, 2.45) is 4.99 Å². The Hall–Kier alpha value is -2.25. The van der Waals surface area contributed by atoms with Crippen molar-refractivity contribution in [2.45, 2.75) is 13.0 Å². The van der Waals surface area contributed by atoms with Crippen molar-refractivity contribution in [2.75, 3.05) is 7.11 Å². The van der Waals surface area contributed by atoms with Crippen LogP contribution in [0, 0.1) is 5.82 Å². The molecule has 0 bridgehead atoms. The first-order valence-electron chi connectivity index (χ1n) is 7.61. The number of ether oxygens (including phenoxy) is 1. The van der Waals surface area contributed by atoms with Crippen LogP contribution in [0.5, 0.6) is 0 Å². The summed E-state index contributed by atoms with van der Waals surface area (Å²) in [5.74, 6) is -0.521. The number of nitrogens with one attached hydrogen (secondary N) is 1. The van der Waals surface area contributed by atoms with Crippen molar-refractivity contribution in [1.82, 2.24) is 10.3 Å². The summed E-state index contributed by atoms with van der Waals surface area (Å²) in [5.41, 5.74) is 1.97. The van der Waals surface area contributed by atoms with Crippen molar-refractivity contribution in [1.29, 1.82) is 0 Å². The van der Waals surface area contributed by atoms with E-state index in [0.717, 1.165) is 4.47 Å². The number of aliphatic imine (C=N–C) groups is 1. The number of esters is 1. The zero-order chi connectivity index (χ0) is 18.8. The Morgan fingerprint density at radius 3 is 2.73 bits per heavy atom. The average Bonchev–Trinajstić information content (AvgIpc) is 2.61. The number of benzene rings is 1. The Labute approximate surface area is 163 Å². The largest absolute Gasteiger partial charge is 0.466 e. The standard InChI is InChI=1S/C18H14BrClFN3O2/c1-9-15(18(25)26-2)16(12-5-4-11(21)7-13(12)20)24-17(23-9)14-6-3-10(19)8-22-14/h3-8,16H,1-2H3,(H,23,24). The molecule has 26 heavy (non-hydrogen) atoms. The minimum Gasteiger partial charge on any atom is -0.466 e. The minimum atomic E-state index is -0.739. The first-order chi connectivity index (χ1) is 12.4. The topological polar surface area (TPSA) is 63.6 Å². The highest BCUT2D eigenvalue weighted by molar-refractivity contribution is 9.10. The summed E-state index contributed by atoms with van der Waals surface area (Å²) in [5, 5.41) is 3.26. The van der Waals surface area contributed by atoms with Crippen molar-refractivity contribution in [3.8, 4) is 0 Å². The maximum Gasteiger partial charge on any atom is 0.338 e. The van der Waals surface area contributed by atoms with E-state index >= 15 is 0 Å². The van der Waals surface area contributed by atoms with Gasteiger partial charge in [-0.3, -0.25) is 9.98 Å². The quantitative estimate of drug-likeness (QED) is 0.731. The van der Waals surface area contributed by atoms with E-state index < -0.39 is 17.8 Å². The maximum atomic E-state index is 13.4. The number of rotatable bonds is 3. The van der Waals surface area contributed by atoms with E-state index in [4.69, 9.17) is 16.3 Å². The van der Waals surface area contributed by atoms with E-state index in [0.29, 0.717) is 28.4 Å². The van der Waals surface area contributed by atoms with Gasteiger partial charge in [-0.1, -0.05) is 17.7 Å². The van der Waals surface area contributed by atoms with E-state index in [1.807, 2.05) is 6.07 Å². The predicted molar refractivity (Wildman–Crippen MR) is 100 cm³/mol. The number of aromatic nitrogens is 1. The molecule has 0 aliphatic carbocycles. The molecule has 2 aromatic rings. The highest BCUT2D eigenvalue weighted by Crippen LogP contribution is 2.36. The summed E-state index contributed by atoms with van der Waals surface area (Å²) < 4.78 is 19.2. The molecular formula is C18H14BrClFN3O2. The van der Waals surface area contributed by atoms with Crippen LogP contribution < -0.4 is 5.32 Å². The number of nitrogens with zero attached hydrogens (tertiary/aromatic N) is 2. The van der Waals surface area contributed by atoms with Crippen LogP contribution in [0.15, 0.2) is 57.3 Å². The van der Waals surface area contributed by atoms with Gasteiger partial charge in [0.15, 0.2) is 5.84 Å². The fourth-order valence-corrected chi connectivity index (χ4v) is 3.15. The third kappa shape index (κ3) is 3.64. The third-order valence-electron chi connectivity index (χ3n) is 3.87. The number of pyridine rings is 1. The zero-order valence-electron chi connectivity index (χ0n) is 13.9. The predicted octanol–water partition coefficient (Wildman–Crippen LogP) is 4.17. The van der Waals surface area contributed by atoms with Crippen LogP contribution >= 0.6 is 27.5 Å². The van der Waals surface area contributed by atoms with Gasteiger partial charge in [0.25, 0.3) is 0 Å². The zero-order valence-corrected chi connectivity index (χ0v) is 16.2. The second-order valence-corrected chi connectivity index (χ2v) is 6.89. The molecule has 1 aromatic heterocycles. The first kappa shape index (κ1) is 18.5. The van der Waals surface area contributed by atoms with Crippen LogP contribution in [0.3, 0.4) is 0 Å². The Kier molecular flexibility index (Phi) is 5.38. The summed E-state index contributed by atoms with van der Waals surface area (Å²) in [4.78, 5) is 21.2. The smallest absolute Gasteiger partial charge is 0.338 e. The van der Waals surface area contributed by atoms with Gasteiger partial charge in [0.05, 0.1) is 12.7 Å². The van der Waals surface area contributed by atoms with Crippen molar-refractivity contribution in [3.05, 3.63) is 74.4 Å². The van der Waals surface area contributed by atoms with Crippen molar-refractivity contribution >= 4 is 39.3 Å². The fraction of sp³-hybridized carbons (Fsp3) is 0.167. The lowest BCUT2D eigenvalue weighted by Crippen LogP contribution is -2.33. The molecule has 5 nitrogen and oxygen atoms in total. The number of halogens is 3. The molecule has 1 atom stereocenters. The summed E-state index contributed by atoms with van der Waals surface area (Å²) in [7, 11) is 1.29. The van der Waals surface area contributed by atoms with E-state index in [1.165, 1.54) is 25.3 Å². The molecule has 1 N–H and O–H groups in total. The summed E-state index contributed by atoms with van der Waals surface area (Å²) in [6, 6.07) is 6.87. The van der Waals surface area contributed by atoms with Gasteiger partial charge in [-0.15, -0.1) is 0 Å². The van der Waals surface area contributed by atoms with Crippen LogP contribution in [-0.2, 0) is 9.53 Å². The molecule has 134 valence electrons. The summed E-state index contributed by atoms with van der Waals surface area (Å²) in [6.07, 6.45) is 1.65. The lowest BCUT2D eigenvalue weighted by Gasteiger charge is -2.26. The fourth-order valence-electron chi connectivity index (χ4n) is 2.64. The molecule has 0 saturated carbocycles. The molecule has 1 unspecified atom stereocenters. The first-order valence-corrected chi connectivity index (χ1v) is 8.78. The molecular weight excluding hydrogens is 425 g/mol. The number of carbonyl (C=O) groups is 1. The lowest BCUT2D eigenvalue weighted by molar-refractivity contribution is -0.136. The van der Waals surface area contributed by atoms with E-state index in [2.05, 4.69) is 31.2 Å². The minimum absolute atomic E-state index is 0.179.